The van der Waals surface area contributed by atoms with E-state index in [1.165, 1.54) is 0 Å². The van der Waals surface area contributed by atoms with Gasteiger partial charge in [0, 0.05) is 17.1 Å². The Morgan fingerprint density at radius 3 is 2.58 bits per heavy atom. The van der Waals surface area contributed by atoms with Crippen molar-refractivity contribution in [3.63, 3.8) is 0 Å². The van der Waals surface area contributed by atoms with Gasteiger partial charge in [-0.2, -0.15) is 0 Å². The molecular formula is C19H21ClN2O2. The van der Waals surface area contributed by atoms with Gasteiger partial charge in [-0.3, -0.25) is 4.79 Å². The lowest BCUT2D eigenvalue weighted by Crippen LogP contribution is -2.34. The highest BCUT2D eigenvalue weighted by atomic mass is 35.5. The van der Waals surface area contributed by atoms with Crippen molar-refractivity contribution >= 4 is 23.2 Å². The van der Waals surface area contributed by atoms with E-state index in [1.54, 1.807) is 13.2 Å². The number of amides is 1. The summed E-state index contributed by atoms with van der Waals surface area (Å²) in [6.07, 6.45) is 2.10. The monoisotopic (exact) mass is 344 g/mol. The van der Waals surface area contributed by atoms with E-state index in [0.29, 0.717) is 16.8 Å². The SMILES string of the molecule is COc1cc(Cl)c(C)cc1N[C@H](C(=O)NC1CC1)c1ccccc1. The molecule has 1 aliphatic carbocycles. The lowest BCUT2D eigenvalue weighted by molar-refractivity contribution is -0.122. The van der Waals surface area contributed by atoms with Gasteiger partial charge in [-0.25, -0.2) is 0 Å². The first kappa shape index (κ1) is 16.7. The molecule has 3 rings (SSSR count). The van der Waals surface area contributed by atoms with E-state index >= 15 is 0 Å². The zero-order valence-electron chi connectivity index (χ0n) is 13.8. The quantitative estimate of drug-likeness (QED) is 0.829. The first-order valence-electron chi connectivity index (χ1n) is 8.04. The first-order valence-corrected chi connectivity index (χ1v) is 8.42. The predicted molar refractivity (Wildman–Crippen MR) is 96.7 cm³/mol. The number of aryl methyl sites for hydroxylation is 1. The van der Waals surface area contributed by atoms with Gasteiger partial charge >= 0.3 is 0 Å². The summed E-state index contributed by atoms with van der Waals surface area (Å²) in [5.74, 6) is 0.587. The minimum Gasteiger partial charge on any atom is -0.495 e. The molecule has 1 amide bonds. The average molecular weight is 345 g/mol. The zero-order valence-corrected chi connectivity index (χ0v) is 14.6. The van der Waals surface area contributed by atoms with Crippen LogP contribution in [0.1, 0.15) is 30.0 Å². The van der Waals surface area contributed by atoms with Crippen LogP contribution >= 0.6 is 11.6 Å². The number of hydrogen-bond donors (Lipinski definition) is 2. The summed E-state index contributed by atoms with van der Waals surface area (Å²) in [7, 11) is 1.59. The molecule has 0 saturated heterocycles. The highest BCUT2D eigenvalue weighted by molar-refractivity contribution is 6.31. The predicted octanol–water partition coefficient (Wildman–Crippen LogP) is 4.09. The van der Waals surface area contributed by atoms with Crippen molar-refractivity contribution in [2.75, 3.05) is 12.4 Å². The van der Waals surface area contributed by atoms with Crippen LogP contribution in [0.5, 0.6) is 5.75 Å². The molecule has 0 heterocycles. The highest BCUT2D eigenvalue weighted by Gasteiger charge is 2.29. The highest BCUT2D eigenvalue weighted by Crippen LogP contribution is 2.34. The molecule has 0 unspecified atom stereocenters. The second-order valence-electron chi connectivity index (χ2n) is 6.07. The maximum absolute atomic E-state index is 12.7. The number of hydrogen-bond acceptors (Lipinski definition) is 3. The van der Waals surface area contributed by atoms with Crippen LogP contribution in [0.4, 0.5) is 5.69 Å². The van der Waals surface area contributed by atoms with Crippen LogP contribution in [-0.2, 0) is 4.79 Å². The Bertz CT molecular complexity index is 730. The molecule has 5 heteroatoms. The Balaban J connectivity index is 1.91. The van der Waals surface area contributed by atoms with Gasteiger partial charge in [0.25, 0.3) is 0 Å². The molecule has 24 heavy (non-hydrogen) atoms. The van der Waals surface area contributed by atoms with Crippen molar-refractivity contribution in [3.8, 4) is 5.75 Å². The van der Waals surface area contributed by atoms with Crippen molar-refractivity contribution in [2.24, 2.45) is 0 Å². The van der Waals surface area contributed by atoms with E-state index in [0.717, 1.165) is 29.7 Å². The third-order valence-electron chi connectivity index (χ3n) is 4.10. The zero-order chi connectivity index (χ0) is 17.1. The number of carbonyl (C=O) groups excluding carboxylic acids is 1. The minimum absolute atomic E-state index is 0.0293. The van der Waals surface area contributed by atoms with Crippen molar-refractivity contribution in [1.29, 1.82) is 0 Å². The summed E-state index contributed by atoms with van der Waals surface area (Å²) >= 11 is 6.17. The fourth-order valence-electron chi connectivity index (χ4n) is 2.56. The minimum atomic E-state index is -0.485. The largest absolute Gasteiger partial charge is 0.495 e. The van der Waals surface area contributed by atoms with Gasteiger partial charge in [-0.1, -0.05) is 41.9 Å². The van der Waals surface area contributed by atoms with Crippen LogP contribution in [-0.4, -0.2) is 19.1 Å². The Hall–Kier alpha value is -2.20. The summed E-state index contributed by atoms with van der Waals surface area (Å²) in [4.78, 5) is 12.7. The van der Waals surface area contributed by atoms with Crippen molar-refractivity contribution in [1.82, 2.24) is 5.32 Å². The van der Waals surface area contributed by atoms with Gasteiger partial charge in [-0.05, 0) is 37.0 Å². The molecule has 0 radical (unpaired) electrons. The maximum atomic E-state index is 12.7. The lowest BCUT2D eigenvalue weighted by atomic mass is 10.0. The standard InChI is InChI=1S/C19H21ClN2O2/c1-12-10-16(17(24-2)11-15(12)20)22-18(13-6-4-3-5-7-13)19(23)21-14-8-9-14/h3-7,10-11,14,18,22H,8-9H2,1-2H3,(H,21,23)/t18-/m0/s1. The molecule has 0 spiro atoms. The number of rotatable bonds is 6. The smallest absolute Gasteiger partial charge is 0.247 e. The van der Waals surface area contributed by atoms with Crippen LogP contribution in [0, 0.1) is 6.92 Å². The van der Waals surface area contributed by atoms with Crippen molar-refractivity contribution in [2.45, 2.75) is 31.8 Å². The normalized spacial score (nSPS) is 14.8. The molecule has 0 bridgehead atoms. The molecule has 1 fully saturated rings. The molecule has 2 N–H and O–H groups in total. The van der Waals surface area contributed by atoms with E-state index in [9.17, 15) is 4.79 Å². The Kier molecular flexibility index (Phi) is 4.95. The number of halogens is 1. The summed E-state index contributed by atoms with van der Waals surface area (Å²) < 4.78 is 5.41. The molecule has 1 saturated carbocycles. The molecular weight excluding hydrogens is 324 g/mol. The fourth-order valence-corrected chi connectivity index (χ4v) is 2.71. The molecule has 2 aromatic carbocycles. The van der Waals surface area contributed by atoms with Gasteiger partial charge in [0.15, 0.2) is 0 Å². The summed E-state index contributed by atoms with van der Waals surface area (Å²) in [6.45, 7) is 1.93. The molecule has 0 aromatic heterocycles. The van der Waals surface area contributed by atoms with Crippen LogP contribution < -0.4 is 15.4 Å². The third-order valence-corrected chi connectivity index (χ3v) is 4.51. The number of anilines is 1. The maximum Gasteiger partial charge on any atom is 0.247 e. The van der Waals surface area contributed by atoms with Crippen LogP contribution in [0.15, 0.2) is 42.5 Å². The Morgan fingerprint density at radius 1 is 1.25 bits per heavy atom. The van der Waals surface area contributed by atoms with E-state index in [4.69, 9.17) is 16.3 Å². The second-order valence-corrected chi connectivity index (χ2v) is 6.48. The van der Waals surface area contributed by atoms with Crippen LogP contribution in [0.3, 0.4) is 0 Å². The number of methoxy groups -OCH3 is 1. The third kappa shape index (κ3) is 3.82. The van der Waals surface area contributed by atoms with E-state index in [2.05, 4.69) is 10.6 Å². The molecule has 4 nitrogen and oxygen atoms in total. The molecule has 1 aliphatic rings. The Morgan fingerprint density at radius 2 is 1.96 bits per heavy atom. The summed E-state index contributed by atoms with van der Waals surface area (Å²) in [5.41, 5.74) is 2.58. The van der Waals surface area contributed by atoms with E-state index < -0.39 is 6.04 Å². The topological polar surface area (TPSA) is 50.4 Å². The van der Waals surface area contributed by atoms with Crippen LogP contribution in [0.2, 0.25) is 5.02 Å². The van der Waals surface area contributed by atoms with Gasteiger partial charge in [-0.15, -0.1) is 0 Å². The second kappa shape index (κ2) is 7.14. The molecule has 2 aromatic rings. The average Bonchev–Trinajstić information content (AvgIpc) is 3.40. The van der Waals surface area contributed by atoms with Crippen molar-refractivity contribution < 1.29 is 9.53 Å². The molecule has 126 valence electrons. The lowest BCUT2D eigenvalue weighted by Gasteiger charge is -2.22. The van der Waals surface area contributed by atoms with Crippen LogP contribution in [0.25, 0.3) is 0 Å². The van der Waals surface area contributed by atoms with Gasteiger partial charge in [0.1, 0.15) is 11.8 Å². The first-order chi connectivity index (χ1) is 11.6. The van der Waals surface area contributed by atoms with Gasteiger partial charge in [0.05, 0.1) is 12.8 Å². The molecule has 1 atom stereocenters. The number of carbonyl (C=O) groups is 1. The van der Waals surface area contributed by atoms with Gasteiger partial charge in [0.2, 0.25) is 5.91 Å². The Labute approximate surface area is 147 Å². The summed E-state index contributed by atoms with van der Waals surface area (Å²) in [6, 6.07) is 13.2. The number of nitrogens with one attached hydrogen (secondary N) is 2. The van der Waals surface area contributed by atoms with Crippen molar-refractivity contribution in [3.05, 3.63) is 58.6 Å². The van der Waals surface area contributed by atoms with E-state index in [-0.39, 0.29) is 5.91 Å². The van der Waals surface area contributed by atoms with E-state index in [1.807, 2.05) is 43.3 Å². The molecule has 0 aliphatic heterocycles. The number of benzene rings is 2. The summed E-state index contributed by atoms with van der Waals surface area (Å²) in [5, 5.41) is 7.02. The fraction of sp³-hybridized carbons (Fsp3) is 0.316. The number of ether oxygens (including phenoxy) is 1. The van der Waals surface area contributed by atoms with Gasteiger partial charge < -0.3 is 15.4 Å².